The van der Waals surface area contributed by atoms with Gasteiger partial charge in [0.2, 0.25) is 5.12 Å². The Hall–Kier alpha value is -1.54. The van der Waals surface area contributed by atoms with Gasteiger partial charge in [-0.1, -0.05) is 26.8 Å². The van der Waals surface area contributed by atoms with Crippen LogP contribution in [0.25, 0.3) is 0 Å². The summed E-state index contributed by atoms with van der Waals surface area (Å²) >= 11 is 0.487. The largest absolute Gasteiger partial charge is 0.449 e. The Morgan fingerprint density at radius 2 is 2.06 bits per heavy atom. The fourth-order valence-electron chi connectivity index (χ4n) is 7.30. The predicted octanol–water partition coefficient (Wildman–Crippen LogP) is 4.09. The van der Waals surface area contributed by atoms with E-state index in [0.29, 0.717) is 23.8 Å². The van der Waals surface area contributed by atoms with Crippen molar-refractivity contribution in [2.45, 2.75) is 70.8 Å². The number of carbonyl (C=O) groups is 3. The monoisotopic (exact) mass is 468 g/mol. The molecule has 4 aliphatic carbocycles. The van der Waals surface area contributed by atoms with Crippen LogP contribution in [0, 0.1) is 28.6 Å². The molecule has 0 aromatic carbocycles. The van der Waals surface area contributed by atoms with Gasteiger partial charge in [-0.15, -0.1) is 0 Å². The molecular formula is C24H30F2O5S. The summed E-state index contributed by atoms with van der Waals surface area (Å²) in [6, 6.07) is -0.933. The highest BCUT2D eigenvalue weighted by Crippen LogP contribution is 2.68. The summed E-state index contributed by atoms with van der Waals surface area (Å²) in [4.78, 5) is 37.4. The molecule has 4 aliphatic rings. The number of ether oxygens (including phenoxy) is 1. The molecule has 0 saturated heterocycles. The third-order valence-electron chi connectivity index (χ3n) is 8.69. The molecule has 8 atom stereocenters. The molecule has 0 bridgehead atoms. The minimum atomic E-state index is -1.55. The van der Waals surface area contributed by atoms with Crippen molar-refractivity contribution in [2.24, 2.45) is 28.6 Å². The molecule has 4 rings (SSSR count). The van der Waals surface area contributed by atoms with Crippen molar-refractivity contribution in [2.75, 3.05) is 6.01 Å². The molecule has 176 valence electrons. The number of ketones is 1. The number of thioether (sulfide) groups is 1. The van der Waals surface area contributed by atoms with Gasteiger partial charge in [0.1, 0.15) is 12.2 Å². The first-order valence-electron chi connectivity index (χ1n) is 11.3. The lowest BCUT2D eigenvalue weighted by Crippen LogP contribution is -2.63. The number of hydrogen-bond acceptors (Lipinski definition) is 6. The van der Waals surface area contributed by atoms with Crippen molar-refractivity contribution in [3.8, 4) is 0 Å². The second-order valence-electron chi connectivity index (χ2n) is 10.0. The van der Waals surface area contributed by atoms with Crippen LogP contribution in [0.3, 0.4) is 0 Å². The molecule has 0 aliphatic heterocycles. The highest BCUT2D eigenvalue weighted by Gasteiger charge is 2.71. The van der Waals surface area contributed by atoms with Gasteiger partial charge in [0.25, 0.3) is 0 Å². The summed E-state index contributed by atoms with van der Waals surface area (Å²) in [7, 11) is 0. The van der Waals surface area contributed by atoms with Gasteiger partial charge in [0, 0.05) is 23.2 Å². The van der Waals surface area contributed by atoms with Gasteiger partial charge in [-0.2, -0.15) is 0 Å². The molecule has 0 spiro atoms. The minimum absolute atomic E-state index is 0.0717. The van der Waals surface area contributed by atoms with Crippen molar-refractivity contribution < 1.29 is 33.0 Å². The molecular weight excluding hydrogens is 438 g/mol. The Morgan fingerprint density at radius 1 is 1.34 bits per heavy atom. The quantitative estimate of drug-likeness (QED) is 0.626. The smallest absolute Gasteiger partial charge is 0.306 e. The maximum Gasteiger partial charge on any atom is 0.306 e. The minimum Gasteiger partial charge on any atom is -0.449 e. The van der Waals surface area contributed by atoms with E-state index in [0.717, 1.165) is 0 Å². The van der Waals surface area contributed by atoms with Crippen LogP contribution in [-0.2, 0) is 19.1 Å². The lowest BCUT2D eigenvalue weighted by molar-refractivity contribution is -0.196. The van der Waals surface area contributed by atoms with Gasteiger partial charge in [-0.05, 0) is 67.0 Å². The number of carbonyl (C=O) groups excluding carboxylic acids is 3. The van der Waals surface area contributed by atoms with Gasteiger partial charge >= 0.3 is 5.97 Å². The second-order valence-corrected chi connectivity index (χ2v) is 10.9. The third kappa shape index (κ3) is 3.16. The first kappa shape index (κ1) is 23.6. The lowest BCUT2D eigenvalue weighted by atomic mass is 9.46. The maximum absolute atomic E-state index is 15.4. The molecule has 0 aromatic rings. The highest BCUT2D eigenvalue weighted by atomic mass is 32.2. The van der Waals surface area contributed by atoms with Crippen LogP contribution in [0.2, 0.25) is 0 Å². The van der Waals surface area contributed by atoms with Gasteiger partial charge in [0.15, 0.2) is 11.4 Å². The molecule has 1 N–H and O–H groups in total. The highest BCUT2D eigenvalue weighted by molar-refractivity contribution is 8.13. The second kappa shape index (κ2) is 8.05. The number of allylic oxidation sites excluding steroid dienone is 4. The standard InChI is InChI=1S/C24H30F2O5S/c1-4-19(29)31-24(21(30)32-12-25)8-6-15-14-10-17(26)16-9-13(27)5-7-22(16,2)20(14)18(28)11-23(15,24)3/h5,7,9,14-15,17-18,20,28H,4,6,8,10-12H2,1-3H3/t14-,15-,17-,18-,20+,22-,23-,24-/m0/s1. The summed E-state index contributed by atoms with van der Waals surface area (Å²) in [6.45, 7) is 5.31. The van der Waals surface area contributed by atoms with E-state index in [4.69, 9.17) is 4.74 Å². The average molecular weight is 469 g/mol. The molecule has 0 heterocycles. The summed E-state index contributed by atoms with van der Waals surface area (Å²) in [5, 5.41) is 10.9. The molecule has 3 fully saturated rings. The van der Waals surface area contributed by atoms with Crippen molar-refractivity contribution in [3.63, 3.8) is 0 Å². The Bertz CT molecular complexity index is 903. The predicted molar refractivity (Wildman–Crippen MR) is 116 cm³/mol. The van der Waals surface area contributed by atoms with Crippen molar-refractivity contribution in [1.29, 1.82) is 0 Å². The number of rotatable bonds is 4. The molecule has 5 nitrogen and oxygen atoms in total. The fourth-order valence-corrected chi connectivity index (χ4v) is 8.01. The topological polar surface area (TPSA) is 80.7 Å². The van der Waals surface area contributed by atoms with Crippen LogP contribution in [0.15, 0.2) is 23.8 Å². The van der Waals surface area contributed by atoms with Crippen LogP contribution >= 0.6 is 11.8 Å². The van der Waals surface area contributed by atoms with E-state index in [1.54, 1.807) is 13.0 Å². The van der Waals surface area contributed by atoms with Crippen LogP contribution < -0.4 is 0 Å². The van der Waals surface area contributed by atoms with E-state index >= 15 is 4.39 Å². The SMILES string of the molecule is CCC(=O)O[C@]1(C(=O)SCF)CC[C@H]2[C@@H]3C[C@H](F)C4=CC(=O)C=C[C@]4(C)[C@H]3[C@@H](O)C[C@@]21C. The van der Waals surface area contributed by atoms with E-state index in [1.807, 2.05) is 13.8 Å². The summed E-state index contributed by atoms with van der Waals surface area (Å²) < 4.78 is 34.4. The number of esters is 1. The van der Waals surface area contributed by atoms with Gasteiger partial charge < -0.3 is 9.84 Å². The Kier molecular flexibility index (Phi) is 5.94. The Balaban J connectivity index is 1.78. The molecule has 0 unspecified atom stereocenters. The van der Waals surface area contributed by atoms with E-state index in [-0.39, 0.29) is 49.2 Å². The summed E-state index contributed by atoms with van der Waals surface area (Å²) in [5.74, 6) is -1.59. The molecule has 3 saturated carbocycles. The van der Waals surface area contributed by atoms with Crippen molar-refractivity contribution >= 4 is 28.6 Å². The molecule has 32 heavy (non-hydrogen) atoms. The summed E-state index contributed by atoms with van der Waals surface area (Å²) in [5.41, 5.74) is -2.89. The normalized spacial score (nSPS) is 44.9. The molecule has 0 amide bonds. The molecule has 0 aromatic heterocycles. The number of halogens is 2. The number of fused-ring (bicyclic) bond motifs is 5. The van der Waals surface area contributed by atoms with E-state index in [2.05, 4.69) is 0 Å². The van der Waals surface area contributed by atoms with Crippen LogP contribution in [0.4, 0.5) is 8.78 Å². The van der Waals surface area contributed by atoms with Gasteiger partial charge in [-0.3, -0.25) is 14.4 Å². The van der Waals surface area contributed by atoms with Crippen LogP contribution in [-0.4, -0.2) is 45.9 Å². The fraction of sp³-hybridized carbons (Fsp3) is 0.708. The number of hydrogen-bond donors (Lipinski definition) is 1. The molecule has 8 heteroatoms. The van der Waals surface area contributed by atoms with E-state index in [9.17, 15) is 23.9 Å². The average Bonchev–Trinajstić information content (AvgIpc) is 3.02. The van der Waals surface area contributed by atoms with Gasteiger partial charge in [-0.25, -0.2) is 8.78 Å². The van der Waals surface area contributed by atoms with Gasteiger partial charge in [0.05, 0.1) is 6.10 Å². The number of aliphatic hydroxyl groups is 1. The number of aliphatic hydroxyl groups excluding tert-OH is 1. The van der Waals surface area contributed by atoms with Crippen LogP contribution in [0.5, 0.6) is 0 Å². The number of alkyl halides is 2. The first-order valence-corrected chi connectivity index (χ1v) is 12.2. The first-order chi connectivity index (χ1) is 15.0. The Labute approximate surface area is 191 Å². The van der Waals surface area contributed by atoms with E-state index in [1.165, 1.54) is 12.2 Å². The zero-order valence-electron chi connectivity index (χ0n) is 18.6. The van der Waals surface area contributed by atoms with Crippen LogP contribution in [0.1, 0.15) is 52.9 Å². The van der Waals surface area contributed by atoms with E-state index < -0.39 is 45.8 Å². The van der Waals surface area contributed by atoms with Crippen molar-refractivity contribution in [3.05, 3.63) is 23.8 Å². The summed E-state index contributed by atoms with van der Waals surface area (Å²) in [6.07, 6.45) is 3.38. The Morgan fingerprint density at radius 3 is 2.72 bits per heavy atom. The molecule has 0 radical (unpaired) electrons. The zero-order valence-corrected chi connectivity index (χ0v) is 19.4. The van der Waals surface area contributed by atoms with Crippen molar-refractivity contribution in [1.82, 2.24) is 0 Å². The lowest BCUT2D eigenvalue weighted by Gasteiger charge is -2.60. The zero-order chi connectivity index (χ0) is 23.5. The maximum atomic E-state index is 15.4. The third-order valence-corrected chi connectivity index (χ3v) is 9.39.